The second kappa shape index (κ2) is 6.83. The first-order valence-electron chi connectivity index (χ1n) is 10.2. The number of fused-ring (bicyclic) bond motifs is 1. The topological polar surface area (TPSA) is 44.5 Å². The standard InChI is InChI=1S/C25H24BNO3/c1-24(2)25(3,4)30-26(29-24)20-15-13-18(14-16-20)17-9-11-19(12-10-17)23-27-21-7-5-6-8-22(21)28-23/h5-16H,1-4H3. The van der Waals surface area contributed by atoms with Crippen molar-refractivity contribution in [3.8, 4) is 22.6 Å². The van der Waals surface area contributed by atoms with Crippen molar-refractivity contribution < 1.29 is 13.7 Å². The van der Waals surface area contributed by atoms with Crippen LogP contribution in [-0.2, 0) is 9.31 Å². The fourth-order valence-electron chi connectivity index (χ4n) is 3.61. The normalized spacial score (nSPS) is 17.5. The lowest BCUT2D eigenvalue weighted by Crippen LogP contribution is -2.41. The van der Waals surface area contributed by atoms with E-state index in [2.05, 4.69) is 69.1 Å². The molecule has 0 unspecified atom stereocenters. The van der Waals surface area contributed by atoms with Gasteiger partial charge in [-0.2, -0.15) is 0 Å². The van der Waals surface area contributed by atoms with E-state index >= 15 is 0 Å². The smallest absolute Gasteiger partial charge is 0.436 e. The molecule has 4 aromatic rings. The quantitative estimate of drug-likeness (QED) is 0.431. The van der Waals surface area contributed by atoms with Crippen LogP contribution < -0.4 is 5.46 Å². The number of rotatable bonds is 3. The van der Waals surface area contributed by atoms with Gasteiger partial charge in [-0.15, -0.1) is 0 Å². The highest BCUT2D eigenvalue weighted by Crippen LogP contribution is 2.36. The van der Waals surface area contributed by atoms with Gasteiger partial charge in [-0.25, -0.2) is 4.98 Å². The highest BCUT2D eigenvalue weighted by Gasteiger charge is 2.51. The number of aromatic nitrogens is 1. The molecule has 1 saturated heterocycles. The lowest BCUT2D eigenvalue weighted by molar-refractivity contribution is 0.00578. The Labute approximate surface area is 177 Å². The molecule has 2 heterocycles. The van der Waals surface area contributed by atoms with E-state index in [1.807, 2.05) is 36.4 Å². The van der Waals surface area contributed by atoms with Crippen molar-refractivity contribution in [2.24, 2.45) is 0 Å². The first-order chi connectivity index (χ1) is 14.3. The van der Waals surface area contributed by atoms with Crippen molar-refractivity contribution in [1.29, 1.82) is 0 Å². The van der Waals surface area contributed by atoms with Gasteiger partial charge in [-0.05, 0) is 68.6 Å². The number of para-hydroxylation sites is 2. The van der Waals surface area contributed by atoms with E-state index in [4.69, 9.17) is 13.7 Å². The van der Waals surface area contributed by atoms with Gasteiger partial charge in [0.15, 0.2) is 5.58 Å². The van der Waals surface area contributed by atoms with E-state index in [0.29, 0.717) is 5.89 Å². The van der Waals surface area contributed by atoms with Gasteiger partial charge in [0.25, 0.3) is 0 Å². The van der Waals surface area contributed by atoms with Crippen LogP contribution >= 0.6 is 0 Å². The fraction of sp³-hybridized carbons (Fsp3) is 0.240. The highest BCUT2D eigenvalue weighted by molar-refractivity contribution is 6.62. The third-order valence-electron chi connectivity index (χ3n) is 6.20. The summed E-state index contributed by atoms with van der Waals surface area (Å²) >= 11 is 0. The zero-order valence-corrected chi connectivity index (χ0v) is 17.7. The molecule has 0 bridgehead atoms. The van der Waals surface area contributed by atoms with Crippen molar-refractivity contribution in [2.75, 3.05) is 0 Å². The van der Waals surface area contributed by atoms with Crippen molar-refractivity contribution >= 4 is 23.7 Å². The van der Waals surface area contributed by atoms with Crippen molar-refractivity contribution in [2.45, 2.75) is 38.9 Å². The Kier molecular flexibility index (Phi) is 4.35. The minimum Gasteiger partial charge on any atom is -0.436 e. The van der Waals surface area contributed by atoms with Crippen LogP contribution in [-0.4, -0.2) is 23.3 Å². The maximum atomic E-state index is 6.15. The van der Waals surface area contributed by atoms with Crippen LogP contribution in [0, 0.1) is 0 Å². The van der Waals surface area contributed by atoms with Gasteiger partial charge >= 0.3 is 7.12 Å². The molecule has 0 N–H and O–H groups in total. The largest absolute Gasteiger partial charge is 0.494 e. The van der Waals surface area contributed by atoms with Crippen molar-refractivity contribution in [1.82, 2.24) is 4.98 Å². The maximum Gasteiger partial charge on any atom is 0.494 e. The number of oxazole rings is 1. The molecule has 1 aliphatic heterocycles. The first kappa shape index (κ1) is 19.1. The minimum atomic E-state index is -0.342. The number of nitrogens with zero attached hydrogens (tertiary/aromatic N) is 1. The van der Waals surface area contributed by atoms with Crippen LogP contribution in [0.4, 0.5) is 0 Å². The Morgan fingerprint density at radius 3 is 1.80 bits per heavy atom. The molecule has 0 saturated carbocycles. The second-order valence-corrected chi connectivity index (χ2v) is 8.77. The van der Waals surface area contributed by atoms with E-state index < -0.39 is 0 Å². The van der Waals surface area contributed by atoms with Crippen LogP contribution in [0.3, 0.4) is 0 Å². The Balaban J connectivity index is 1.36. The SMILES string of the molecule is CC1(C)OB(c2ccc(-c3ccc(-c4nc5ccccc5o4)cc3)cc2)OC1(C)C. The molecule has 0 atom stereocenters. The van der Waals surface area contributed by atoms with Gasteiger partial charge in [0, 0.05) is 5.56 Å². The molecule has 3 aromatic carbocycles. The molecule has 4 nitrogen and oxygen atoms in total. The number of hydrogen-bond acceptors (Lipinski definition) is 4. The van der Waals surface area contributed by atoms with Gasteiger partial charge in [0.1, 0.15) is 5.52 Å². The molecule has 0 radical (unpaired) electrons. The maximum absolute atomic E-state index is 6.15. The molecule has 150 valence electrons. The molecule has 0 spiro atoms. The molecule has 30 heavy (non-hydrogen) atoms. The fourth-order valence-corrected chi connectivity index (χ4v) is 3.61. The summed E-state index contributed by atoms with van der Waals surface area (Å²) in [5.74, 6) is 0.638. The van der Waals surface area contributed by atoms with E-state index in [1.165, 1.54) is 0 Å². The Bertz CT molecular complexity index is 1140. The van der Waals surface area contributed by atoms with Crippen LogP contribution in [0.25, 0.3) is 33.7 Å². The predicted octanol–water partition coefficient (Wildman–Crippen LogP) is 5.46. The first-order valence-corrected chi connectivity index (χ1v) is 10.2. The van der Waals surface area contributed by atoms with Crippen molar-refractivity contribution in [3.63, 3.8) is 0 Å². The third-order valence-corrected chi connectivity index (χ3v) is 6.20. The highest BCUT2D eigenvalue weighted by atomic mass is 16.7. The van der Waals surface area contributed by atoms with Crippen LogP contribution in [0.5, 0.6) is 0 Å². The Morgan fingerprint density at radius 1 is 0.667 bits per heavy atom. The van der Waals surface area contributed by atoms with Gasteiger partial charge in [-0.3, -0.25) is 0 Å². The van der Waals surface area contributed by atoms with Gasteiger partial charge in [0.05, 0.1) is 11.2 Å². The Morgan fingerprint density at radius 2 is 1.20 bits per heavy atom. The molecular formula is C25H24BNO3. The van der Waals surface area contributed by atoms with Crippen LogP contribution in [0.2, 0.25) is 0 Å². The summed E-state index contributed by atoms with van der Waals surface area (Å²) < 4.78 is 18.2. The molecular weight excluding hydrogens is 373 g/mol. The summed E-state index contributed by atoms with van der Waals surface area (Å²) in [6.07, 6.45) is 0. The summed E-state index contributed by atoms with van der Waals surface area (Å²) in [7, 11) is -0.342. The minimum absolute atomic E-state index is 0.336. The summed E-state index contributed by atoms with van der Waals surface area (Å²) in [5.41, 5.74) is 5.26. The average Bonchev–Trinajstić information content (AvgIpc) is 3.26. The van der Waals surface area contributed by atoms with Crippen molar-refractivity contribution in [3.05, 3.63) is 72.8 Å². The number of hydrogen-bond donors (Lipinski definition) is 0. The average molecular weight is 397 g/mol. The molecule has 5 heteroatoms. The zero-order chi connectivity index (χ0) is 20.9. The second-order valence-electron chi connectivity index (χ2n) is 8.77. The molecule has 1 aliphatic rings. The molecule has 1 aromatic heterocycles. The van der Waals surface area contributed by atoms with E-state index in [1.54, 1.807) is 0 Å². The van der Waals surface area contributed by atoms with E-state index in [-0.39, 0.29) is 18.3 Å². The van der Waals surface area contributed by atoms with Gasteiger partial charge in [0.2, 0.25) is 5.89 Å². The summed E-state index contributed by atoms with van der Waals surface area (Å²) in [6, 6.07) is 24.4. The Hall–Kier alpha value is -2.89. The van der Waals surface area contributed by atoms with E-state index in [9.17, 15) is 0 Å². The van der Waals surface area contributed by atoms with Crippen LogP contribution in [0.1, 0.15) is 27.7 Å². The monoisotopic (exact) mass is 397 g/mol. The summed E-state index contributed by atoms with van der Waals surface area (Å²) in [5, 5.41) is 0. The third kappa shape index (κ3) is 3.24. The summed E-state index contributed by atoms with van der Waals surface area (Å²) in [4.78, 5) is 4.57. The van der Waals surface area contributed by atoms with Gasteiger partial charge in [-0.1, -0.05) is 48.5 Å². The zero-order valence-electron chi connectivity index (χ0n) is 17.7. The van der Waals surface area contributed by atoms with E-state index in [0.717, 1.165) is 33.3 Å². The lowest BCUT2D eigenvalue weighted by Gasteiger charge is -2.32. The molecule has 5 rings (SSSR count). The van der Waals surface area contributed by atoms with Gasteiger partial charge < -0.3 is 13.7 Å². The molecule has 1 fully saturated rings. The summed E-state index contributed by atoms with van der Waals surface area (Å²) in [6.45, 7) is 8.28. The molecule has 0 aliphatic carbocycles. The number of benzene rings is 3. The molecule has 0 amide bonds. The lowest BCUT2D eigenvalue weighted by atomic mass is 9.78. The van der Waals surface area contributed by atoms with Crippen LogP contribution in [0.15, 0.2) is 77.2 Å². The predicted molar refractivity (Wildman–Crippen MR) is 121 cm³/mol.